The predicted octanol–water partition coefficient (Wildman–Crippen LogP) is -0.654. The van der Waals surface area contributed by atoms with E-state index in [0.717, 1.165) is 10.7 Å². The van der Waals surface area contributed by atoms with E-state index in [9.17, 15) is 22.8 Å². The molecular formula is C13H18F3N5O2. The van der Waals surface area contributed by atoms with Crippen molar-refractivity contribution < 1.29 is 18.0 Å². The largest absolute Gasteiger partial charge is 0.405 e. The highest BCUT2D eigenvalue weighted by molar-refractivity contribution is 5.92. The minimum Gasteiger partial charge on any atom is -0.349 e. The molecule has 1 saturated heterocycles. The van der Waals surface area contributed by atoms with Crippen molar-refractivity contribution in [2.45, 2.75) is 12.2 Å². The highest BCUT2D eigenvalue weighted by Crippen LogP contribution is 2.24. The first-order valence-corrected chi connectivity index (χ1v) is 7.13. The van der Waals surface area contributed by atoms with Gasteiger partial charge in [-0.2, -0.15) is 18.3 Å². The monoisotopic (exact) mass is 333 g/mol. The summed E-state index contributed by atoms with van der Waals surface area (Å²) in [6.07, 6.45) is -4.44. The normalized spacial score (nSPS) is 17.7. The van der Waals surface area contributed by atoms with E-state index in [1.807, 2.05) is 0 Å². The zero-order chi connectivity index (χ0) is 17.0. The third kappa shape index (κ3) is 4.52. The number of amides is 1. The van der Waals surface area contributed by atoms with Gasteiger partial charge < -0.3 is 10.6 Å². The van der Waals surface area contributed by atoms with Crippen molar-refractivity contribution in [2.75, 3.05) is 32.7 Å². The van der Waals surface area contributed by atoms with Crippen LogP contribution >= 0.6 is 0 Å². The zero-order valence-electron chi connectivity index (χ0n) is 12.6. The number of aryl methyl sites for hydroxylation is 1. The van der Waals surface area contributed by atoms with Gasteiger partial charge in [0.1, 0.15) is 11.7 Å². The lowest BCUT2D eigenvalue weighted by molar-refractivity contribution is -0.183. The second kappa shape index (κ2) is 7.09. The lowest BCUT2D eigenvalue weighted by atomic mass is 10.2. The highest BCUT2D eigenvalue weighted by Gasteiger charge is 2.43. The van der Waals surface area contributed by atoms with Gasteiger partial charge >= 0.3 is 6.18 Å². The van der Waals surface area contributed by atoms with E-state index in [-0.39, 0.29) is 18.8 Å². The van der Waals surface area contributed by atoms with Crippen molar-refractivity contribution in [1.29, 1.82) is 0 Å². The third-order valence-corrected chi connectivity index (χ3v) is 3.62. The van der Waals surface area contributed by atoms with Crippen LogP contribution in [0.25, 0.3) is 0 Å². The van der Waals surface area contributed by atoms with Crippen LogP contribution in [0.4, 0.5) is 13.2 Å². The number of hydrogen-bond acceptors (Lipinski definition) is 5. The van der Waals surface area contributed by atoms with Crippen LogP contribution in [0.15, 0.2) is 16.9 Å². The van der Waals surface area contributed by atoms with Gasteiger partial charge in [-0.1, -0.05) is 0 Å². The molecule has 1 aromatic rings. The molecule has 23 heavy (non-hydrogen) atoms. The summed E-state index contributed by atoms with van der Waals surface area (Å²) in [5.41, 5.74) is -0.510. The van der Waals surface area contributed by atoms with Crippen LogP contribution in [-0.2, 0) is 7.05 Å². The van der Waals surface area contributed by atoms with Gasteiger partial charge in [-0.25, -0.2) is 4.68 Å². The number of carbonyl (C=O) groups is 1. The van der Waals surface area contributed by atoms with Gasteiger partial charge in [0.2, 0.25) is 0 Å². The topological polar surface area (TPSA) is 79.3 Å². The molecule has 1 amide bonds. The molecule has 7 nitrogen and oxygen atoms in total. The van der Waals surface area contributed by atoms with Crippen LogP contribution in [0, 0.1) is 0 Å². The number of rotatable bonds is 4. The summed E-state index contributed by atoms with van der Waals surface area (Å²) in [4.78, 5) is 24.4. The summed E-state index contributed by atoms with van der Waals surface area (Å²) in [6.45, 7) is 0.912. The summed E-state index contributed by atoms with van der Waals surface area (Å²) in [5, 5.41) is 8.95. The molecule has 1 unspecified atom stereocenters. The van der Waals surface area contributed by atoms with Crippen LogP contribution in [0.3, 0.4) is 0 Å². The Morgan fingerprint density at radius 1 is 1.39 bits per heavy atom. The molecule has 10 heteroatoms. The Morgan fingerprint density at radius 3 is 2.61 bits per heavy atom. The van der Waals surface area contributed by atoms with Crippen LogP contribution in [0.1, 0.15) is 10.5 Å². The van der Waals surface area contributed by atoms with E-state index in [2.05, 4.69) is 15.7 Å². The summed E-state index contributed by atoms with van der Waals surface area (Å²) in [6, 6.07) is 0.575. The first-order valence-electron chi connectivity index (χ1n) is 7.13. The van der Waals surface area contributed by atoms with Gasteiger partial charge in [-0.15, -0.1) is 0 Å². The molecule has 2 N–H and O–H groups in total. The minimum atomic E-state index is -4.44. The molecule has 0 bridgehead atoms. The molecule has 1 aromatic heterocycles. The fraction of sp³-hybridized carbons (Fsp3) is 0.615. The van der Waals surface area contributed by atoms with Gasteiger partial charge in [0.15, 0.2) is 0 Å². The van der Waals surface area contributed by atoms with E-state index in [1.165, 1.54) is 18.0 Å². The van der Waals surface area contributed by atoms with Crippen molar-refractivity contribution in [3.05, 3.63) is 28.2 Å². The van der Waals surface area contributed by atoms with Gasteiger partial charge in [-0.05, 0) is 6.07 Å². The maximum absolute atomic E-state index is 13.2. The van der Waals surface area contributed by atoms with Crippen molar-refractivity contribution >= 4 is 5.91 Å². The quantitative estimate of drug-likeness (QED) is 0.765. The van der Waals surface area contributed by atoms with E-state index in [4.69, 9.17) is 0 Å². The molecule has 1 aliphatic rings. The number of nitrogens with one attached hydrogen (secondary N) is 2. The standard InChI is InChI=1S/C13H18F3N5O2/c1-20-11(22)3-2-9(19-20)12(23)18-8-10(13(14,15)16)21-6-4-17-5-7-21/h2-3,10,17H,4-8H2,1H3,(H,18,23). The first kappa shape index (κ1) is 17.4. The average molecular weight is 333 g/mol. The molecule has 0 radical (unpaired) electrons. The summed E-state index contributed by atoms with van der Waals surface area (Å²) >= 11 is 0. The molecule has 1 fully saturated rings. The van der Waals surface area contributed by atoms with E-state index < -0.39 is 30.2 Å². The van der Waals surface area contributed by atoms with Gasteiger partial charge in [0.05, 0.1) is 0 Å². The van der Waals surface area contributed by atoms with Gasteiger partial charge in [0.25, 0.3) is 11.5 Å². The minimum absolute atomic E-state index is 0.103. The molecular weight excluding hydrogens is 315 g/mol. The Labute approximate surface area is 130 Å². The zero-order valence-corrected chi connectivity index (χ0v) is 12.6. The molecule has 0 aliphatic carbocycles. The average Bonchev–Trinajstić information content (AvgIpc) is 2.49. The highest BCUT2D eigenvalue weighted by atomic mass is 19.4. The lowest BCUT2D eigenvalue weighted by Gasteiger charge is -2.35. The Morgan fingerprint density at radius 2 is 2.04 bits per heavy atom. The number of carbonyl (C=O) groups excluding carboxylic acids is 1. The lowest BCUT2D eigenvalue weighted by Crippen LogP contribution is -2.57. The van der Waals surface area contributed by atoms with Gasteiger partial charge in [-0.3, -0.25) is 14.5 Å². The van der Waals surface area contributed by atoms with E-state index in [1.54, 1.807) is 0 Å². The second-order valence-corrected chi connectivity index (χ2v) is 5.23. The number of alkyl halides is 3. The third-order valence-electron chi connectivity index (χ3n) is 3.62. The van der Waals surface area contributed by atoms with Gasteiger partial charge in [0, 0.05) is 45.8 Å². The fourth-order valence-electron chi connectivity index (χ4n) is 2.35. The molecule has 0 saturated carbocycles. The smallest absolute Gasteiger partial charge is 0.349 e. The van der Waals surface area contributed by atoms with Crippen molar-refractivity contribution in [2.24, 2.45) is 7.05 Å². The molecule has 0 spiro atoms. The van der Waals surface area contributed by atoms with Crippen molar-refractivity contribution in [1.82, 2.24) is 25.3 Å². The van der Waals surface area contributed by atoms with Crippen molar-refractivity contribution in [3.63, 3.8) is 0 Å². The maximum Gasteiger partial charge on any atom is 0.405 e. The predicted molar refractivity (Wildman–Crippen MR) is 76.1 cm³/mol. The summed E-state index contributed by atoms with van der Waals surface area (Å²) in [5.74, 6) is -0.745. The first-order chi connectivity index (χ1) is 10.8. The molecule has 1 aliphatic heterocycles. The van der Waals surface area contributed by atoms with Crippen LogP contribution < -0.4 is 16.2 Å². The van der Waals surface area contributed by atoms with Crippen molar-refractivity contribution in [3.8, 4) is 0 Å². The van der Waals surface area contributed by atoms with Crippen LogP contribution in [0.2, 0.25) is 0 Å². The number of nitrogens with zero attached hydrogens (tertiary/aromatic N) is 3. The number of aromatic nitrogens is 2. The fourth-order valence-corrected chi connectivity index (χ4v) is 2.35. The molecule has 2 rings (SSSR count). The number of piperazine rings is 1. The number of hydrogen-bond donors (Lipinski definition) is 2. The summed E-state index contributed by atoms with van der Waals surface area (Å²) in [7, 11) is 1.36. The molecule has 128 valence electrons. The number of halogens is 3. The Balaban J connectivity index is 2.03. The van der Waals surface area contributed by atoms with E-state index in [0.29, 0.717) is 13.1 Å². The van der Waals surface area contributed by atoms with Crippen LogP contribution in [-0.4, -0.2) is 65.5 Å². The Hall–Kier alpha value is -1.94. The Kier molecular flexibility index (Phi) is 5.37. The second-order valence-electron chi connectivity index (χ2n) is 5.23. The Bertz CT molecular complexity index is 610. The molecule has 0 aromatic carbocycles. The molecule has 1 atom stereocenters. The van der Waals surface area contributed by atoms with Crippen LogP contribution in [0.5, 0.6) is 0 Å². The van der Waals surface area contributed by atoms with E-state index >= 15 is 0 Å². The SMILES string of the molecule is Cn1nc(C(=O)NCC(N2CCNCC2)C(F)(F)F)ccc1=O. The summed E-state index contributed by atoms with van der Waals surface area (Å²) < 4.78 is 40.6. The maximum atomic E-state index is 13.2. The molecule has 2 heterocycles.